The van der Waals surface area contributed by atoms with Gasteiger partial charge in [0.2, 0.25) is 0 Å². The number of hydrogen-bond donors (Lipinski definition) is 1. The van der Waals surface area contributed by atoms with Crippen LogP contribution in [0.2, 0.25) is 0 Å². The molecule has 0 saturated carbocycles. The van der Waals surface area contributed by atoms with Gasteiger partial charge in [0.15, 0.2) is 0 Å². The van der Waals surface area contributed by atoms with Crippen molar-refractivity contribution < 1.29 is 14.3 Å². The molecule has 5 nitrogen and oxygen atoms in total. The number of benzene rings is 1. The van der Waals surface area contributed by atoms with Crippen molar-refractivity contribution in [3.63, 3.8) is 0 Å². The Bertz CT molecular complexity index is 600. The summed E-state index contributed by atoms with van der Waals surface area (Å²) in [5, 5.41) is 3.30. The molecule has 0 aliphatic rings. The zero-order chi connectivity index (χ0) is 17.0. The average molecular weight is 328 g/mol. The fraction of sp³-hybridized carbons (Fsp3) is 0.368. The van der Waals surface area contributed by atoms with Gasteiger partial charge in [-0.1, -0.05) is 0 Å². The van der Waals surface area contributed by atoms with E-state index in [1.165, 1.54) is 0 Å². The maximum Gasteiger partial charge on any atom is 0.305 e. The first-order chi connectivity index (χ1) is 11.8. The van der Waals surface area contributed by atoms with Crippen LogP contribution in [0.5, 0.6) is 5.75 Å². The Hall–Kier alpha value is -2.56. The number of carbonyl (C=O) groups is 1. The Morgan fingerprint density at radius 1 is 1.00 bits per heavy atom. The number of ether oxygens (including phenoxy) is 2. The Morgan fingerprint density at radius 3 is 2.42 bits per heavy atom. The van der Waals surface area contributed by atoms with Gasteiger partial charge in [0, 0.05) is 30.2 Å². The molecule has 0 unspecified atom stereocenters. The first-order valence-electron chi connectivity index (χ1n) is 8.33. The summed E-state index contributed by atoms with van der Waals surface area (Å²) >= 11 is 0. The molecule has 0 saturated heterocycles. The van der Waals surface area contributed by atoms with Crippen LogP contribution < -0.4 is 10.1 Å². The molecule has 2 rings (SSSR count). The maximum atomic E-state index is 11.2. The van der Waals surface area contributed by atoms with E-state index in [9.17, 15) is 4.79 Å². The number of carbonyl (C=O) groups excluding carboxylic acids is 1. The van der Waals surface area contributed by atoms with Crippen LogP contribution in [0.4, 0.5) is 11.4 Å². The SMILES string of the molecule is CCOC(=O)CCCCCOc1ccc(Nc2ccncc2)cc1. The molecular weight excluding hydrogens is 304 g/mol. The van der Waals surface area contributed by atoms with E-state index in [2.05, 4.69) is 10.3 Å². The van der Waals surface area contributed by atoms with Gasteiger partial charge in [0.05, 0.1) is 13.2 Å². The second-order valence-corrected chi connectivity index (χ2v) is 5.35. The van der Waals surface area contributed by atoms with E-state index in [1.54, 1.807) is 12.4 Å². The van der Waals surface area contributed by atoms with Crippen molar-refractivity contribution in [1.82, 2.24) is 4.98 Å². The number of aromatic nitrogens is 1. The molecule has 0 fully saturated rings. The molecule has 0 spiro atoms. The van der Waals surface area contributed by atoms with Gasteiger partial charge in [-0.15, -0.1) is 0 Å². The lowest BCUT2D eigenvalue weighted by Crippen LogP contribution is -2.04. The lowest BCUT2D eigenvalue weighted by Gasteiger charge is -2.09. The minimum atomic E-state index is -0.115. The zero-order valence-corrected chi connectivity index (χ0v) is 14.0. The highest BCUT2D eigenvalue weighted by Gasteiger charge is 2.01. The summed E-state index contributed by atoms with van der Waals surface area (Å²) < 4.78 is 10.6. The monoisotopic (exact) mass is 328 g/mol. The molecule has 0 aliphatic heterocycles. The molecule has 1 heterocycles. The van der Waals surface area contributed by atoms with E-state index in [4.69, 9.17) is 9.47 Å². The predicted molar refractivity (Wildman–Crippen MR) is 94.6 cm³/mol. The summed E-state index contributed by atoms with van der Waals surface area (Å²) in [6, 6.07) is 11.7. The predicted octanol–water partition coefficient (Wildman–Crippen LogP) is 4.33. The van der Waals surface area contributed by atoms with E-state index >= 15 is 0 Å². The Labute approximate surface area is 143 Å². The Balaban J connectivity index is 1.63. The minimum Gasteiger partial charge on any atom is -0.494 e. The summed E-state index contributed by atoms with van der Waals surface area (Å²) in [5.74, 6) is 0.733. The van der Waals surface area contributed by atoms with Crippen LogP contribution in [0.1, 0.15) is 32.6 Å². The van der Waals surface area contributed by atoms with Gasteiger partial charge in [-0.2, -0.15) is 0 Å². The topological polar surface area (TPSA) is 60.5 Å². The number of hydrogen-bond acceptors (Lipinski definition) is 5. The van der Waals surface area contributed by atoms with Crippen molar-refractivity contribution in [3.8, 4) is 5.75 Å². The van der Waals surface area contributed by atoms with Crippen LogP contribution in [0.25, 0.3) is 0 Å². The van der Waals surface area contributed by atoms with Crippen LogP contribution in [0.3, 0.4) is 0 Å². The fourth-order valence-corrected chi connectivity index (χ4v) is 2.21. The molecule has 1 aromatic carbocycles. The second-order valence-electron chi connectivity index (χ2n) is 5.35. The van der Waals surface area contributed by atoms with Crippen LogP contribution in [-0.4, -0.2) is 24.2 Å². The first kappa shape index (κ1) is 17.8. The molecule has 5 heteroatoms. The first-order valence-corrected chi connectivity index (χ1v) is 8.33. The number of unbranched alkanes of at least 4 members (excludes halogenated alkanes) is 2. The molecule has 0 radical (unpaired) electrons. The van der Waals surface area contributed by atoms with E-state index < -0.39 is 0 Å². The number of pyridine rings is 1. The van der Waals surface area contributed by atoms with Gasteiger partial charge in [-0.25, -0.2) is 0 Å². The van der Waals surface area contributed by atoms with Crippen LogP contribution in [-0.2, 0) is 9.53 Å². The normalized spacial score (nSPS) is 10.2. The van der Waals surface area contributed by atoms with Crippen molar-refractivity contribution >= 4 is 17.3 Å². The van der Waals surface area contributed by atoms with Crippen LogP contribution >= 0.6 is 0 Å². The average Bonchev–Trinajstić information content (AvgIpc) is 2.60. The summed E-state index contributed by atoms with van der Waals surface area (Å²) in [7, 11) is 0. The van der Waals surface area contributed by atoms with Gasteiger partial charge >= 0.3 is 5.97 Å². The van der Waals surface area contributed by atoms with E-state index in [-0.39, 0.29) is 5.97 Å². The third-order valence-corrected chi connectivity index (χ3v) is 3.42. The molecule has 1 aromatic heterocycles. The minimum absolute atomic E-state index is 0.115. The van der Waals surface area contributed by atoms with Gasteiger partial charge in [0.25, 0.3) is 0 Å². The Morgan fingerprint density at radius 2 is 1.71 bits per heavy atom. The number of nitrogens with zero attached hydrogens (tertiary/aromatic N) is 1. The summed E-state index contributed by atoms with van der Waals surface area (Å²) in [5.41, 5.74) is 2.00. The van der Waals surface area contributed by atoms with Crippen molar-refractivity contribution in [1.29, 1.82) is 0 Å². The lowest BCUT2D eigenvalue weighted by molar-refractivity contribution is -0.143. The smallest absolute Gasteiger partial charge is 0.305 e. The molecule has 128 valence electrons. The van der Waals surface area contributed by atoms with Gasteiger partial charge < -0.3 is 14.8 Å². The van der Waals surface area contributed by atoms with E-state index in [0.717, 1.165) is 36.4 Å². The number of anilines is 2. The van der Waals surface area contributed by atoms with Crippen LogP contribution in [0.15, 0.2) is 48.8 Å². The van der Waals surface area contributed by atoms with Gasteiger partial charge in [0.1, 0.15) is 5.75 Å². The quantitative estimate of drug-likeness (QED) is 0.519. The highest BCUT2D eigenvalue weighted by atomic mass is 16.5. The molecule has 0 amide bonds. The van der Waals surface area contributed by atoms with Crippen LogP contribution in [0, 0.1) is 0 Å². The largest absolute Gasteiger partial charge is 0.494 e. The Kier molecular flexibility index (Phi) is 7.60. The standard InChI is InChI=1S/C19H24N2O3/c1-2-23-19(22)6-4-3-5-15-24-18-9-7-16(8-10-18)21-17-11-13-20-14-12-17/h7-14H,2-6,15H2,1H3,(H,20,21). The molecule has 0 aliphatic carbocycles. The molecule has 0 atom stereocenters. The summed E-state index contributed by atoms with van der Waals surface area (Å²) in [4.78, 5) is 15.2. The van der Waals surface area contributed by atoms with Crippen molar-refractivity contribution in [2.75, 3.05) is 18.5 Å². The van der Waals surface area contributed by atoms with E-state index in [0.29, 0.717) is 19.6 Å². The molecule has 0 bridgehead atoms. The van der Waals surface area contributed by atoms with Crippen molar-refractivity contribution in [2.24, 2.45) is 0 Å². The number of rotatable bonds is 10. The molecule has 1 N–H and O–H groups in total. The highest BCUT2D eigenvalue weighted by molar-refractivity contribution is 5.69. The zero-order valence-electron chi connectivity index (χ0n) is 14.0. The number of nitrogens with one attached hydrogen (secondary N) is 1. The summed E-state index contributed by atoms with van der Waals surface area (Å²) in [6.45, 7) is 2.93. The maximum absolute atomic E-state index is 11.2. The second kappa shape index (κ2) is 10.3. The molecular formula is C19H24N2O3. The molecule has 2 aromatic rings. The lowest BCUT2D eigenvalue weighted by atomic mass is 10.2. The van der Waals surface area contributed by atoms with Crippen molar-refractivity contribution in [2.45, 2.75) is 32.6 Å². The number of esters is 1. The summed E-state index contributed by atoms with van der Waals surface area (Å²) in [6.07, 6.45) is 6.72. The van der Waals surface area contributed by atoms with Crippen molar-refractivity contribution in [3.05, 3.63) is 48.8 Å². The highest BCUT2D eigenvalue weighted by Crippen LogP contribution is 2.19. The third-order valence-electron chi connectivity index (χ3n) is 3.42. The third kappa shape index (κ3) is 6.69. The fourth-order valence-electron chi connectivity index (χ4n) is 2.21. The van der Waals surface area contributed by atoms with Gasteiger partial charge in [-0.05, 0) is 62.6 Å². The van der Waals surface area contributed by atoms with Gasteiger partial charge in [-0.3, -0.25) is 9.78 Å². The van der Waals surface area contributed by atoms with E-state index in [1.807, 2.05) is 43.3 Å². The molecule has 24 heavy (non-hydrogen) atoms.